The molecule has 2 nitrogen and oxygen atoms in total. The molecule has 0 bridgehead atoms. The summed E-state index contributed by atoms with van der Waals surface area (Å²) in [7, 11) is 2.24. The molecule has 0 radical (unpaired) electrons. The van der Waals surface area contributed by atoms with Gasteiger partial charge >= 0.3 is 0 Å². The minimum absolute atomic E-state index is 0.555. The molecule has 1 fully saturated rings. The summed E-state index contributed by atoms with van der Waals surface area (Å²) >= 11 is 0. The molecule has 1 aliphatic heterocycles. The van der Waals surface area contributed by atoms with Gasteiger partial charge in [-0.2, -0.15) is 4.57 Å². The lowest BCUT2D eigenvalue weighted by Gasteiger charge is -2.39. The summed E-state index contributed by atoms with van der Waals surface area (Å²) in [4.78, 5) is 0. The first kappa shape index (κ1) is 25.4. The molecule has 0 atom stereocenters. The molecule has 1 aromatic heterocycles. The van der Waals surface area contributed by atoms with Crippen LogP contribution in [0, 0.1) is 25.2 Å². The molecule has 0 unspecified atom stereocenters. The number of aryl methyl sites for hydroxylation is 2. The number of nitrogens with zero attached hydrogens (tertiary/aromatic N) is 1. The Kier molecular flexibility index (Phi) is 6.29. The van der Waals surface area contributed by atoms with Crippen molar-refractivity contribution in [1.29, 1.82) is 0 Å². The van der Waals surface area contributed by atoms with Crippen molar-refractivity contribution in [3.63, 3.8) is 0 Å². The molecule has 2 aliphatic rings. The predicted molar refractivity (Wildman–Crippen MR) is 160 cm³/mol. The number of ether oxygens (including phenoxy) is 1. The van der Waals surface area contributed by atoms with Crippen molar-refractivity contribution in [1.82, 2.24) is 0 Å². The van der Waals surface area contributed by atoms with E-state index in [-0.39, 0.29) is 0 Å². The lowest BCUT2D eigenvalue weighted by Crippen LogP contribution is -2.34. The fourth-order valence-corrected chi connectivity index (χ4v) is 7.62. The minimum Gasteiger partial charge on any atom is -0.450 e. The van der Waals surface area contributed by atoms with Crippen LogP contribution in [0.25, 0.3) is 32.9 Å². The molecular weight excluding hydrogens is 462 g/mol. The van der Waals surface area contributed by atoms with Crippen LogP contribution in [0.3, 0.4) is 0 Å². The van der Waals surface area contributed by atoms with E-state index in [4.69, 9.17) is 4.74 Å². The van der Waals surface area contributed by atoms with Crippen molar-refractivity contribution >= 4 is 21.7 Å². The summed E-state index contributed by atoms with van der Waals surface area (Å²) in [5.41, 5.74) is 9.99. The van der Waals surface area contributed by atoms with E-state index in [9.17, 15) is 0 Å². The maximum Gasteiger partial charge on any atom is 0.256 e. The van der Waals surface area contributed by atoms with E-state index < -0.39 is 0 Å². The van der Waals surface area contributed by atoms with Crippen LogP contribution in [0.15, 0.2) is 42.5 Å². The van der Waals surface area contributed by atoms with Crippen LogP contribution in [0.5, 0.6) is 11.5 Å². The molecule has 38 heavy (non-hydrogen) atoms. The van der Waals surface area contributed by atoms with Crippen molar-refractivity contribution in [2.45, 2.75) is 92.4 Å². The number of fused-ring (bicyclic) bond motifs is 3. The number of hydrogen-bond donors (Lipinski definition) is 0. The Bertz CT molecular complexity index is 1550. The van der Waals surface area contributed by atoms with Gasteiger partial charge in [0.2, 0.25) is 5.52 Å². The van der Waals surface area contributed by atoms with Crippen molar-refractivity contribution < 1.29 is 9.30 Å². The Morgan fingerprint density at radius 2 is 1.71 bits per heavy atom. The SMILES string of the molecule is CCC1(CC)CCC(c2cccc3c2cc2c([n+]3C)-c3c(C)c(C)cc4cc(CC(C)C)cc(c34)O2)CC1. The highest BCUT2D eigenvalue weighted by Crippen LogP contribution is 2.51. The molecule has 0 amide bonds. The Hall–Kier alpha value is -2.87. The van der Waals surface area contributed by atoms with Crippen molar-refractivity contribution in [3.8, 4) is 22.8 Å². The van der Waals surface area contributed by atoms with Crippen LogP contribution in [-0.4, -0.2) is 0 Å². The van der Waals surface area contributed by atoms with Crippen LogP contribution < -0.4 is 9.30 Å². The molecule has 3 aromatic carbocycles. The summed E-state index contributed by atoms with van der Waals surface area (Å²) in [5, 5.41) is 3.93. The van der Waals surface area contributed by atoms with Gasteiger partial charge in [-0.1, -0.05) is 64.8 Å². The quantitative estimate of drug-likeness (QED) is 0.216. The van der Waals surface area contributed by atoms with Gasteiger partial charge in [-0.05, 0) is 96.9 Å². The van der Waals surface area contributed by atoms with Crippen molar-refractivity contribution in [3.05, 3.63) is 64.7 Å². The Morgan fingerprint density at radius 3 is 2.39 bits per heavy atom. The van der Waals surface area contributed by atoms with Gasteiger partial charge in [0.1, 0.15) is 12.8 Å². The fourth-order valence-electron chi connectivity index (χ4n) is 7.62. The van der Waals surface area contributed by atoms with Crippen molar-refractivity contribution in [2.24, 2.45) is 18.4 Å². The molecule has 1 aliphatic carbocycles. The van der Waals surface area contributed by atoms with Crippen LogP contribution in [0.2, 0.25) is 0 Å². The summed E-state index contributed by atoms with van der Waals surface area (Å²) in [5.74, 6) is 3.27. The first-order valence-corrected chi connectivity index (χ1v) is 15.0. The smallest absolute Gasteiger partial charge is 0.256 e. The third-order valence-electron chi connectivity index (χ3n) is 10.2. The van der Waals surface area contributed by atoms with Gasteiger partial charge in [0, 0.05) is 17.5 Å². The molecule has 0 spiro atoms. The van der Waals surface area contributed by atoms with E-state index in [1.807, 2.05) is 0 Å². The summed E-state index contributed by atoms with van der Waals surface area (Å²) in [6.07, 6.45) is 8.97. The highest BCUT2D eigenvalue weighted by molar-refractivity contribution is 6.05. The Morgan fingerprint density at radius 1 is 0.974 bits per heavy atom. The first-order chi connectivity index (χ1) is 18.2. The summed E-state index contributed by atoms with van der Waals surface area (Å²) < 4.78 is 9.25. The van der Waals surface area contributed by atoms with Gasteiger partial charge in [0.05, 0.1) is 10.9 Å². The largest absolute Gasteiger partial charge is 0.450 e. The molecule has 2 heteroatoms. The van der Waals surface area contributed by atoms with E-state index in [0.717, 1.165) is 17.9 Å². The molecule has 4 aromatic rings. The van der Waals surface area contributed by atoms with Gasteiger partial charge in [-0.15, -0.1) is 0 Å². The summed E-state index contributed by atoms with van der Waals surface area (Å²) in [6.45, 7) is 13.9. The topological polar surface area (TPSA) is 13.1 Å². The Labute approximate surface area is 229 Å². The number of benzene rings is 3. The zero-order valence-electron chi connectivity index (χ0n) is 24.5. The highest BCUT2D eigenvalue weighted by atomic mass is 16.5. The van der Waals surface area contributed by atoms with E-state index in [0.29, 0.717) is 17.3 Å². The maximum atomic E-state index is 6.84. The standard InChI is InChI=1S/C36H44NO/c1-8-36(9-2)15-13-26(14-16-36)28-11-10-12-30-29(28)21-32-35(37(30)7)33-24(6)23(5)18-27-19-25(17-22(3)4)20-31(38-32)34(27)33/h10-12,18-22,26H,8-9,13-17H2,1-7H3/q+1. The molecule has 6 rings (SSSR count). The minimum atomic E-state index is 0.555. The van der Waals surface area contributed by atoms with Crippen LogP contribution >= 0.6 is 0 Å². The highest BCUT2D eigenvalue weighted by Gasteiger charge is 2.36. The summed E-state index contributed by atoms with van der Waals surface area (Å²) in [6, 6.07) is 16.4. The van der Waals surface area contributed by atoms with Gasteiger partial charge in [-0.3, -0.25) is 0 Å². The van der Waals surface area contributed by atoms with E-state index in [1.54, 1.807) is 0 Å². The predicted octanol–water partition coefficient (Wildman–Crippen LogP) is 9.87. The van der Waals surface area contributed by atoms with Gasteiger partial charge in [-0.25, -0.2) is 0 Å². The zero-order chi connectivity index (χ0) is 26.8. The average Bonchev–Trinajstić information content (AvgIpc) is 2.90. The molecule has 1 saturated carbocycles. The number of hydrogen-bond acceptors (Lipinski definition) is 1. The molecular formula is C36H44NO+. The van der Waals surface area contributed by atoms with E-state index in [2.05, 4.69) is 95.6 Å². The second-order valence-electron chi connectivity index (χ2n) is 12.8. The van der Waals surface area contributed by atoms with Crippen LogP contribution in [-0.2, 0) is 13.5 Å². The van der Waals surface area contributed by atoms with E-state index in [1.165, 1.54) is 93.7 Å². The number of pyridine rings is 1. The third kappa shape index (κ3) is 3.94. The monoisotopic (exact) mass is 506 g/mol. The van der Waals surface area contributed by atoms with Crippen molar-refractivity contribution in [2.75, 3.05) is 0 Å². The molecule has 0 N–H and O–H groups in total. The third-order valence-corrected chi connectivity index (χ3v) is 10.2. The zero-order valence-corrected chi connectivity index (χ0v) is 24.5. The normalized spacial score (nSPS) is 16.7. The van der Waals surface area contributed by atoms with Crippen LogP contribution in [0.4, 0.5) is 0 Å². The van der Waals surface area contributed by atoms with Gasteiger partial charge in [0.25, 0.3) is 5.69 Å². The fraction of sp³-hybridized carbons (Fsp3) is 0.472. The molecule has 198 valence electrons. The molecule has 0 saturated heterocycles. The van der Waals surface area contributed by atoms with Crippen LogP contribution in [0.1, 0.15) is 94.4 Å². The lowest BCUT2D eigenvalue weighted by molar-refractivity contribution is -0.633. The number of aromatic nitrogens is 1. The maximum absolute atomic E-state index is 6.84. The van der Waals surface area contributed by atoms with Gasteiger partial charge in [0.15, 0.2) is 5.75 Å². The number of rotatable bonds is 5. The van der Waals surface area contributed by atoms with E-state index >= 15 is 0 Å². The first-order valence-electron chi connectivity index (χ1n) is 15.0. The Balaban J connectivity index is 1.53. The molecule has 2 heterocycles. The van der Waals surface area contributed by atoms with Gasteiger partial charge < -0.3 is 4.74 Å². The second kappa shape index (κ2) is 9.40. The average molecular weight is 507 g/mol. The lowest BCUT2D eigenvalue weighted by atomic mass is 9.66. The second-order valence-corrected chi connectivity index (χ2v) is 12.8.